The lowest BCUT2D eigenvalue weighted by molar-refractivity contribution is -0.118. The number of carbonyl (C=O) groups excluding carboxylic acids is 1. The van der Waals surface area contributed by atoms with Crippen molar-refractivity contribution in [1.82, 2.24) is 4.90 Å². The van der Waals surface area contributed by atoms with E-state index in [0.717, 1.165) is 43.7 Å². The molecule has 0 bridgehead atoms. The molecule has 1 heterocycles. The Balaban J connectivity index is 1.91. The van der Waals surface area contributed by atoms with E-state index in [4.69, 9.17) is 10.5 Å². The molecule has 1 atom stereocenters. The average Bonchev–Trinajstić information content (AvgIpc) is 2.50. The summed E-state index contributed by atoms with van der Waals surface area (Å²) in [4.78, 5) is 14.2. The smallest absolute Gasteiger partial charge is 0.243 e. The van der Waals surface area contributed by atoms with E-state index in [1.807, 2.05) is 24.3 Å². The zero-order chi connectivity index (χ0) is 15.9. The molecule has 1 aromatic carbocycles. The first-order valence-electron chi connectivity index (χ1n) is 7.63. The minimum absolute atomic E-state index is 0.163. The summed E-state index contributed by atoms with van der Waals surface area (Å²) in [5, 5.41) is 12.3. The van der Waals surface area contributed by atoms with E-state index in [1.165, 1.54) is 7.11 Å². The highest BCUT2D eigenvalue weighted by Crippen LogP contribution is 2.16. The molecule has 1 aromatic rings. The second kappa shape index (κ2) is 8.24. The van der Waals surface area contributed by atoms with Gasteiger partial charge in [0.05, 0.1) is 12.7 Å². The number of hydrogen-bond acceptors (Lipinski definition) is 5. The molecule has 1 aliphatic rings. The predicted molar refractivity (Wildman–Crippen MR) is 85.4 cm³/mol. The molecule has 1 aliphatic heterocycles. The van der Waals surface area contributed by atoms with Crippen molar-refractivity contribution in [2.75, 3.05) is 32.1 Å². The summed E-state index contributed by atoms with van der Waals surface area (Å²) in [5.41, 5.74) is 7.58. The van der Waals surface area contributed by atoms with E-state index >= 15 is 0 Å². The number of likely N-dealkylation sites (tertiary alicyclic amines) is 1. The van der Waals surface area contributed by atoms with E-state index in [0.29, 0.717) is 0 Å². The number of methoxy groups -OCH3 is 1. The lowest BCUT2D eigenvalue weighted by atomic mass is 10.1. The molecule has 1 amide bonds. The molecule has 2 rings (SSSR count). The molecular weight excluding hydrogens is 282 g/mol. The van der Waals surface area contributed by atoms with Gasteiger partial charge in [-0.3, -0.25) is 9.69 Å². The molecule has 4 N–H and O–H groups in total. The summed E-state index contributed by atoms with van der Waals surface area (Å²) in [6, 6.07) is 7.10. The fourth-order valence-electron chi connectivity index (χ4n) is 2.57. The van der Waals surface area contributed by atoms with Gasteiger partial charge in [-0.2, -0.15) is 0 Å². The number of aliphatic hydroxyl groups is 1. The van der Waals surface area contributed by atoms with Crippen LogP contribution in [0.3, 0.4) is 0 Å². The highest BCUT2D eigenvalue weighted by molar-refractivity contribution is 5.94. The number of amides is 1. The van der Waals surface area contributed by atoms with Crippen LogP contribution in [0.25, 0.3) is 0 Å². The van der Waals surface area contributed by atoms with Crippen molar-refractivity contribution < 1.29 is 14.6 Å². The molecule has 0 spiro atoms. The summed E-state index contributed by atoms with van der Waals surface area (Å²) < 4.78 is 4.88. The normalized spacial score (nSPS) is 18.1. The van der Waals surface area contributed by atoms with Gasteiger partial charge in [0.25, 0.3) is 0 Å². The van der Waals surface area contributed by atoms with E-state index < -0.39 is 6.04 Å². The van der Waals surface area contributed by atoms with E-state index in [1.54, 1.807) is 0 Å². The number of aliphatic hydroxyl groups excluding tert-OH is 1. The van der Waals surface area contributed by atoms with Crippen LogP contribution in [-0.4, -0.2) is 54.9 Å². The first-order valence-corrected chi connectivity index (χ1v) is 7.63. The van der Waals surface area contributed by atoms with Gasteiger partial charge in [0.1, 0.15) is 6.04 Å². The van der Waals surface area contributed by atoms with Gasteiger partial charge in [0.15, 0.2) is 0 Å². The Kier molecular flexibility index (Phi) is 6.33. The van der Waals surface area contributed by atoms with E-state index in [9.17, 15) is 9.90 Å². The van der Waals surface area contributed by atoms with Crippen molar-refractivity contribution in [1.29, 1.82) is 0 Å². The van der Waals surface area contributed by atoms with Crippen molar-refractivity contribution in [3.05, 3.63) is 29.8 Å². The molecule has 22 heavy (non-hydrogen) atoms. The van der Waals surface area contributed by atoms with Crippen LogP contribution >= 0.6 is 0 Å². The molecular formula is C16H25N3O3. The maximum absolute atomic E-state index is 11.9. The first kappa shape index (κ1) is 16.9. The molecule has 1 fully saturated rings. The quantitative estimate of drug-likeness (QED) is 0.714. The maximum Gasteiger partial charge on any atom is 0.243 e. The molecule has 6 nitrogen and oxygen atoms in total. The van der Waals surface area contributed by atoms with Gasteiger partial charge in [0, 0.05) is 32.4 Å². The predicted octanol–water partition coefficient (Wildman–Crippen LogP) is 0.556. The van der Waals surface area contributed by atoms with Crippen molar-refractivity contribution >= 4 is 11.6 Å². The van der Waals surface area contributed by atoms with Crippen LogP contribution < -0.4 is 11.1 Å². The van der Waals surface area contributed by atoms with Gasteiger partial charge in [-0.05, 0) is 30.5 Å². The third kappa shape index (κ3) is 5.06. The van der Waals surface area contributed by atoms with Crippen LogP contribution in [0.2, 0.25) is 0 Å². The van der Waals surface area contributed by atoms with Gasteiger partial charge in [0.2, 0.25) is 5.91 Å². The Labute approximate surface area is 131 Å². The highest BCUT2D eigenvalue weighted by Gasteiger charge is 2.17. The second-order valence-electron chi connectivity index (χ2n) is 5.76. The topological polar surface area (TPSA) is 87.8 Å². The van der Waals surface area contributed by atoms with Crippen LogP contribution in [-0.2, 0) is 16.1 Å². The number of rotatable bonds is 6. The molecule has 122 valence electrons. The van der Waals surface area contributed by atoms with Gasteiger partial charge in [-0.25, -0.2) is 0 Å². The zero-order valence-corrected chi connectivity index (χ0v) is 13.0. The number of anilines is 1. The fraction of sp³-hybridized carbons (Fsp3) is 0.562. The number of benzene rings is 1. The number of carbonyl (C=O) groups is 1. The summed E-state index contributed by atoms with van der Waals surface area (Å²) in [6.45, 7) is 2.81. The Morgan fingerprint density at radius 3 is 2.91 bits per heavy atom. The molecule has 0 aromatic heterocycles. The van der Waals surface area contributed by atoms with Crippen LogP contribution in [0, 0.1) is 0 Å². The van der Waals surface area contributed by atoms with Crippen molar-refractivity contribution in [3.63, 3.8) is 0 Å². The lowest BCUT2D eigenvalue weighted by Crippen LogP contribution is -2.39. The monoisotopic (exact) mass is 307 g/mol. The molecule has 6 heteroatoms. The molecule has 1 unspecified atom stereocenters. The Morgan fingerprint density at radius 1 is 1.50 bits per heavy atom. The minimum atomic E-state index is -0.669. The third-order valence-electron chi connectivity index (χ3n) is 3.84. The third-order valence-corrected chi connectivity index (χ3v) is 3.84. The number of nitrogens with zero attached hydrogens (tertiary/aromatic N) is 1. The minimum Gasteiger partial charge on any atom is -0.393 e. The fourth-order valence-corrected chi connectivity index (χ4v) is 2.57. The van der Waals surface area contributed by atoms with Crippen molar-refractivity contribution in [3.8, 4) is 0 Å². The molecule has 0 aliphatic carbocycles. The summed E-state index contributed by atoms with van der Waals surface area (Å²) in [7, 11) is 1.52. The summed E-state index contributed by atoms with van der Waals surface area (Å²) >= 11 is 0. The van der Waals surface area contributed by atoms with E-state index in [-0.39, 0.29) is 18.6 Å². The molecule has 1 saturated heterocycles. The number of nitrogens with two attached hydrogens (primary N) is 1. The zero-order valence-electron chi connectivity index (χ0n) is 13.0. The number of nitrogens with one attached hydrogen (secondary N) is 1. The summed E-state index contributed by atoms with van der Waals surface area (Å²) in [6.07, 6.45) is 1.48. The molecule has 0 saturated carbocycles. The average molecular weight is 307 g/mol. The molecule has 0 radical (unpaired) electrons. The van der Waals surface area contributed by atoms with Crippen LogP contribution in [0.1, 0.15) is 18.4 Å². The van der Waals surface area contributed by atoms with Gasteiger partial charge >= 0.3 is 0 Å². The van der Waals surface area contributed by atoms with E-state index in [2.05, 4.69) is 10.2 Å². The first-order chi connectivity index (χ1) is 10.6. The largest absolute Gasteiger partial charge is 0.393 e. The van der Waals surface area contributed by atoms with Crippen molar-refractivity contribution in [2.45, 2.75) is 31.5 Å². The van der Waals surface area contributed by atoms with Gasteiger partial charge in [-0.15, -0.1) is 0 Å². The van der Waals surface area contributed by atoms with Crippen LogP contribution in [0.4, 0.5) is 5.69 Å². The maximum atomic E-state index is 11.9. The number of hydrogen-bond donors (Lipinski definition) is 3. The van der Waals surface area contributed by atoms with Crippen LogP contribution in [0.15, 0.2) is 24.3 Å². The van der Waals surface area contributed by atoms with Crippen molar-refractivity contribution in [2.24, 2.45) is 5.73 Å². The second-order valence-corrected chi connectivity index (χ2v) is 5.76. The van der Waals surface area contributed by atoms with Gasteiger partial charge in [-0.1, -0.05) is 12.1 Å². The highest BCUT2D eigenvalue weighted by atomic mass is 16.5. The number of piperidine rings is 1. The van der Waals surface area contributed by atoms with Crippen LogP contribution in [0.5, 0.6) is 0 Å². The summed E-state index contributed by atoms with van der Waals surface area (Å²) in [5.74, 6) is -0.250. The Morgan fingerprint density at radius 2 is 2.23 bits per heavy atom. The SMILES string of the molecule is COCC(N)C(=O)Nc1cccc(CN2CCC(O)CC2)c1. The lowest BCUT2D eigenvalue weighted by Gasteiger charge is -2.29. The Bertz CT molecular complexity index is 487. The Hall–Kier alpha value is -1.47. The van der Waals surface area contributed by atoms with Gasteiger partial charge < -0.3 is 20.9 Å². The standard InChI is InChI=1S/C16H25N3O3/c1-22-11-15(17)16(21)18-13-4-2-3-12(9-13)10-19-7-5-14(20)6-8-19/h2-4,9,14-15,20H,5-8,10-11,17H2,1H3,(H,18,21). The number of ether oxygens (including phenoxy) is 1.